The molecule has 0 aromatic carbocycles. The number of carbonyl (C=O) groups is 1. The molecule has 0 radical (unpaired) electrons. The molecule has 0 aromatic heterocycles. The molecule has 0 heterocycles. The summed E-state index contributed by atoms with van der Waals surface area (Å²) in [4.78, 5) is 12.2. The Kier molecular flexibility index (Phi) is 4.53. The molecule has 1 heteroatoms. The van der Waals surface area contributed by atoms with Gasteiger partial charge in [0.2, 0.25) is 0 Å². The number of hydrogen-bond acceptors (Lipinski definition) is 1. The first-order valence-electron chi connectivity index (χ1n) is 8.26. The highest BCUT2D eigenvalue weighted by molar-refractivity contribution is 5.98. The average molecular weight is 262 g/mol. The van der Waals surface area contributed by atoms with Crippen molar-refractivity contribution in [3.8, 4) is 0 Å². The second-order valence-corrected chi connectivity index (χ2v) is 6.87. The van der Waals surface area contributed by atoms with Crippen LogP contribution in [0.25, 0.3) is 0 Å². The highest BCUT2D eigenvalue weighted by Crippen LogP contribution is 2.61. The molecule has 0 saturated heterocycles. The Bertz CT molecular complexity index is 345. The van der Waals surface area contributed by atoms with Crippen LogP contribution < -0.4 is 0 Å². The van der Waals surface area contributed by atoms with Gasteiger partial charge in [-0.25, -0.2) is 0 Å². The van der Waals surface area contributed by atoms with Crippen LogP contribution in [-0.2, 0) is 4.79 Å². The molecule has 2 saturated carbocycles. The van der Waals surface area contributed by atoms with Gasteiger partial charge in [-0.15, -0.1) is 0 Å². The minimum atomic E-state index is 0.305. The molecule has 2 aliphatic rings. The summed E-state index contributed by atoms with van der Waals surface area (Å²) in [7, 11) is 0. The minimum absolute atomic E-state index is 0.305. The Morgan fingerprint density at radius 3 is 2.21 bits per heavy atom. The van der Waals surface area contributed by atoms with E-state index in [1.165, 1.54) is 44.9 Å². The maximum Gasteiger partial charge on any atom is 0.161 e. The fourth-order valence-corrected chi connectivity index (χ4v) is 4.77. The number of allylic oxidation sites excluding steroid dienone is 1. The van der Waals surface area contributed by atoms with Crippen LogP contribution in [0.15, 0.2) is 12.2 Å². The smallest absolute Gasteiger partial charge is 0.161 e. The van der Waals surface area contributed by atoms with E-state index in [2.05, 4.69) is 20.4 Å². The van der Waals surface area contributed by atoms with Gasteiger partial charge >= 0.3 is 0 Å². The fraction of sp³-hybridized carbons (Fsp3) is 0.833. The molecule has 0 N–H and O–H groups in total. The van der Waals surface area contributed by atoms with Crippen molar-refractivity contribution in [2.45, 2.75) is 72.1 Å². The highest BCUT2D eigenvalue weighted by Gasteiger charge is 2.56. The first-order valence-corrected chi connectivity index (χ1v) is 8.26. The molecule has 2 atom stereocenters. The number of Topliss-reactive ketones (excluding diaryl/α,β-unsaturated/α-hetero) is 1. The topological polar surface area (TPSA) is 17.1 Å². The predicted octanol–water partition coefficient (Wildman–Crippen LogP) is 5.15. The zero-order valence-corrected chi connectivity index (χ0v) is 13.0. The van der Waals surface area contributed by atoms with Crippen LogP contribution in [0.4, 0.5) is 0 Å². The summed E-state index contributed by atoms with van der Waals surface area (Å²) in [6.07, 6.45) is 10.6. The average Bonchev–Trinajstić information content (AvgIpc) is 3.22. The molecule has 0 spiro atoms. The van der Waals surface area contributed by atoms with E-state index in [9.17, 15) is 4.79 Å². The lowest BCUT2D eigenvalue weighted by Gasteiger charge is -2.43. The van der Waals surface area contributed by atoms with Gasteiger partial charge in [0.1, 0.15) is 0 Å². The van der Waals surface area contributed by atoms with Crippen LogP contribution in [0.1, 0.15) is 72.1 Å². The van der Waals surface area contributed by atoms with Crippen molar-refractivity contribution in [1.29, 1.82) is 0 Å². The molecule has 2 aliphatic carbocycles. The van der Waals surface area contributed by atoms with E-state index in [1.807, 2.05) is 6.92 Å². The van der Waals surface area contributed by atoms with E-state index in [0.29, 0.717) is 23.0 Å². The second kappa shape index (κ2) is 5.81. The number of ketones is 1. The minimum Gasteiger partial charge on any atom is -0.294 e. The molecule has 2 fully saturated rings. The van der Waals surface area contributed by atoms with E-state index in [4.69, 9.17) is 0 Å². The van der Waals surface area contributed by atoms with Gasteiger partial charge in [0.25, 0.3) is 0 Å². The molecule has 0 amide bonds. The van der Waals surface area contributed by atoms with Crippen molar-refractivity contribution < 1.29 is 4.79 Å². The van der Waals surface area contributed by atoms with Crippen molar-refractivity contribution in [1.82, 2.24) is 0 Å². The third kappa shape index (κ3) is 2.66. The van der Waals surface area contributed by atoms with Crippen molar-refractivity contribution in [3.63, 3.8) is 0 Å². The van der Waals surface area contributed by atoms with Gasteiger partial charge in [0, 0.05) is 5.92 Å². The van der Waals surface area contributed by atoms with Crippen LogP contribution in [-0.4, -0.2) is 5.78 Å². The van der Waals surface area contributed by atoms with Crippen molar-refractivity contribution in [2.24, 2.45) is 23.2 Å². The lowest BCUT2D eigenvalue weighted by molar-refractivity contribution is -0.117. The Labute approximate surface area is 118 Å². The fourth-order valence-electron chi connectivity index (χ4n) is 4.77. The molecule has 2 rings (SSSR count). The molecular formula is C18H30O. The molecule has 108 valence electrons. The van der Waals surface area contributed by atoms with E-state index in [1.54, 1.807) is 0 Å². The zero-order chi connectivity index (χ0) is 14.0. The second-order valence-electron chi connectivity index (χ2n) is 6.87. The molecular weight excluding hydrogens is 232 g/mol. The van der Waals surface area contributed by atoms with Crippen LogP contribution in [0.3, 0.4) is 0 Å². The lowest BCUT2D eigenvalue weighted by Crippen LogP contribution is -2.34. The SMILES string of the molecule is C=C(C)C(=O)C1CC1C(CC)(CC)C1CCCCC1. The number of carbonyl (C=O) groups excluding carboxylic acids is 1. The van der Waals surface area contributed by atoms with Crippen LogP contribution in [0, 0.1) is 23.2 Å². The van der Waals surface area contributed by atoms with Crippen molar-refractivity contribution in [3.05, 3.63) is 12.2 Å². The van der Waals surface area contributed by atoms with Crippen LogP contribution in [0.2, 0.25) is 0 Å². The van der Waals surface area contributed by atoms with Gasteiger partial charge in [-0.1, -0.05) is 39.7 Å². The van der Waals surface area contributed by atoms with E-state index in [-0.39, 0.29) is 0 Å². The van der Waals surface area contributed by atoms with Gasteiger partial charge < -0.3 is 0 Å². The largest absolute Gasteiger partial charge is 0.294 e. The van der Waals surface area contributed by atoms with E-state index in [0.717, 1.165) is 17.9 Å². The van der Waals surface area contributed by atoms with E-state index < -0.39 is 0 Å². The van der Waals surface area contributed by atoms with Gasteiger partial charge in [0.15, 0.2) is 5.78 Å². The Hall–Kier alpha value is -0.590. The summed E-state index contributed by atoms with van der Waals surface area (Å²) < 4.78 is 0. The summed E-state index contributed by atoms with van der Waals surface area (Å²) in [6.45, 7) is 10.4. The summed E-state index contributed by atoms with van der Waals surface area (Å²) in [5.41, 5.74) is 1.20. The Morgan fingerprint density at radius 1 is 1.16 bits per heavy atom. The molecule has 2 unspecified atom stereocenters. The van der Waals surface area contributed by atoms with Crippen molar-refractivity contribution in [2.75, 3.05) is 0 Å². The molecule has 19 heavy (non-hydrogen) atoms. The van der Waals surface area contributed by atoms with Gasteiger partial charge in [-0.2, -0.15) is 0 Å². The monoisotopic (exact) mass is 262 g/mol. The first kappa shape index (κ1) is 14.8. The standard InChI is InChI=1S/C18H30O/c1-5-18(6-2,14-10-8-7-9-11-14)16-12-15(16)17(19)13(3)4/h14-16H,3,5-12H2,1-2,4H3. The summed E-state index contributed by atoms with van der Waals surface area (Å²) in [5, 5.41) is 0. The van der Waals surface area contributed by atoms with E-state index >= 15 is 0 Å². The molecule has 0 bridgehead atoms. The first-order chi connectivity index (χ1) is 9.06. The highest BCUT2D eigenvalue weighted by atomic mass is 16.1. The van der Waals surface area contributed by atoms with Gasteiger partial charge in [-0.3, -0.25) is 4.79 Å². The van der Waals surface area contributed by atoms with Crippen molar-refractivity contribution >= 4 is 5.78 Å². The number of hydrogen-bond donors (Lipinski definition) is 0. The maximum atomic E-state index is 12.2. The van der Waals surface area contributed by atoms with Gasteiger partial charge in [-0.05, 0) is 61.9 Å². The predicted molar refractivity (Wildman–Crippen MR) is 81.0 cm³/mol. The van der Waals surface area contributed by atoms with Gasteiger partial charge in [0.05, 0.1) is 0 Å². The zero-order valence-electron chi connectivity index (χ0n) is 13.0. The summed E-state index contributed by atoms with van der Waals surface area (Å²) in [6, 6.07) is 0. The summed E-state index contributed by atoms with van der Waals surface area (Å²) >= 11 is 0. The third-order valence-corrected chi connectivity index (χ3v) is 6.02. The third-order valence-electron chi connectivity index (χ3n) is 6.02. The summed E-state index contributed by atoms with van der Waals surface area (Å²) in [5.74, 6) is 2.16. The quantitative estimate of drug-likeness (QED) is 0.605. The molecule has 0 aromatic rings. The Morgan fingerprint density at radius 2 is 1.74 bits per heavy atom. The number of rotatable bonds is 6. The maximum absolute atomic E-state index is 12.2. The lowest BCUT2D eigenvalue weighted by atomic mass is 9.62. The molecule has 1 nitrogen and oxygen atoms in total. The van der Waals surface area contributed by atoms with Crippen LogP contribution >= 0.6 is 0 Å². The molecule has 0 aliphatic heterocycles. The Balaban J connectivity index is 2.12. The van der Waals surface area contributed by atoms with Crippen LogP contribution in [0.5, 0.6) is 0 Å². The normalized spacial score (nSPS) is 28.2.